The number of nitrogens with one attached hydrogen (secondary N) is 1. The normalized spacial score (nSPS) is 14.2. The first kappa shape index (κ1) is 17.4. The van der Waals surface area contributed by atoms with Gasteiger partial charge < -0.3 is 30.4 Å². The van der Waals surface area contributed by atoms with Gasteiger partial charge in [0.05, 0.1) is 5.56 Å². The molecule has 26 heavy (non-hydrogen) atoms. The molecule has 0 unspecified atom stereocenters. The third kappa shape index (κ3) is 3.80. The summed E-state index contributed by atoms with van der Waals surface area (Å²) in [6.07, 6.45) is -0.936. The van der Waals surface area contributed by atoms with Gasteiger partial charge in [0.2, 0.25) is 0 Å². The maximum Gasteiger partial charge on any atom is 0.407 e. The van der Waals surface area contributed by atoms with Crippen molar-refractivity contribution >= 4 is 23.4 Å². The minimum absolute atomic E-state index is 0.0956. The lowest BCUT2D eigenvalue weighted by atomic mass is 10.1. The van der Waals surface area contributed by atoms with Gasteiger partial charge in [-0.3, -0.25) is 4.79 Å². The highest BCUT2D eigenvalue weighted by atomic mass is 16.4. The molecule has 1 fully saturated rings. The molecule has 8 heteroatoms. The number of carboxylic acid groups (broad SMARTS) is 1. The topological polar surface area (TPSA) is 113 Å². The minimum atomic E-state index is -0.936. The number of aromatic hydroxyl groups is 2. The SMILES string of the molecule is O=C(Nc1ccc(O)cc1)c1ccc(N2CCN(C(=O)O)CC2)cc1O. The van der Waals surface area contributed by atoms with E-state index in [9.17, 15) is 19.8 Å². The van der Waals surface area contributed by atoms with Crippen LogP contribution in [0.1, 0.15) is 10.4 Å². The number of anilines is 2. The summed E-state index contributed by atoms with van der Waals surface area (Å²) in [5.41, 5.74) is 1.36. The van der Waals surface area contributed by atoms with Gasteiger partial charge in [-0.2, -0.15) is 0 Å². The van der Waals surface area contributed by atoms with Crippen molar-refractivity contribution in [2.45, 2.75) is 0 Å². The van der Waals surface area contributed by atoms with E-state index in [0.717, 1.165) is 5.69 Å². The Bertz CT molecular complexity index is 814. The Balaban J connectivity index is 1.68. The third-order valence-electron chi connectivity index (χ3n) is 4.27. The molecule has 8 nitrogen and oxygen atoms in total. The van der Waals surface area contributed by atoms with Crippen LogP contribution in [-0.2, 0) is 0 Å². The number of amides is 2. The molecule has 1 aliphatic rings. The van der Waals surface area contributed by atoms with Crippen molar-refractivity contribution in [3.8, 4) is 11.5 Å². The zero-order valence-electron chi connectivity index (χ0n) is 13.9. The number of rotatable bonds is 3. The van der Waals surface area contributed by atoms with Crippen LogP contribution in [0.25, 0.3) is 0 Å². The fraction of sp³-hybridized carbons (Fsp3) is 0.222. The first-order valence-electron chi connectivity index (χ1n) is 8.10. The molecule has 0 aliphatic carbocycles. The van der Waals surface area contributed by atoms with Crippen molar-refractivity contribution in [1.29, 1.82) is 0 Å². The second-order valence-corrected chi connectivity index (χ2v) is 5.96. The lowest BCUT2D eigenvalue weighted by Gasteiger charge is -2.34. The molecule has 1 saturated heterocycles. The van der Waals surface area contributed by atoms with Crippen LogP contribution in [0.3, 0.4) is 0 Å². The maximum absolute atomic E-state index is 12.3. The number of phenolic OH excluding ortho intramolecular Hbond substituents is 2. The van der Waals surface area contributed by atoms with Crippen LogP contribution >= 0.6 is 0 Å². The van der Waals surface area contributed by atoms with E-state index < -0.39 is 12.0 Å². The number of piperazine rings is 1. The lowest BCUT2D eigenvalue weighted by molar-refractivity contribution is 0.102. The smallest absolute Gasteiger partial charge is 0.407 e. The molecule has 1 aliphatic heterocycles. The van der Waals surface area contributed by atoms with E-state index in [1.54, 1.807) is 18.2 Å². The second kappa shape index (κ2) is 7.22. The van der Waals surface area contributed by atoms with Crippen LogP contribution in [-0.4, -0.2) is 58.4 Å². The molecule has 2 aromatic rings. The van der Waals surface area contributed by atoms with Gasteiger partial charge in [0, 0.05) is 43.6 Å². The molecule has 3 rings (SSSR count). The van der Waals surface area contributed by atoms with E-state index in [1.165, 1.54) is 29.2 Å². The predicted octanol–water partition coefficient (Wildman–Crippen LogP) is 2.15. The largest absolute Gasteiger partial charge is 0.508 e. The van der Waals surface area contributed by atoms with E-state index in [1.807, 2.05) is 4.90 Å². The molecule has 1 heterocycles. The summed E-state index contributed by atoms with van der Waals surface area (Å²) in [6.45, 7) is 1.81. The van der Waals surface area contributed by atoms with E-state index in [2.05, 4.69) is 5.32 Å². The van der Waals surface area contributed by atoms with Crippen LogP contribution in [0.5, 0.6) is 11.5 Å². The molecular weight excluding hydrogens is 338 g/mol. The van der Waals surface area contributed by atoms with Gasteiger partial charge in [0.15, 0.2) is 0 Å². The average molecular weight is 357 g/mol. The zero-order valence-corrected chi connectivity index (χ0v) is 13.9. The molecule has 0 radical (unpaired) electrons. The van der Waals surface area contributed by atoms with Crippen LogP contribution in [0, 0.1) is 0 Å². The Kier molecular flexibility index (Phi) is 4.83. The number of benzene rings is 2. The molecule has 0 spiro atoms. The highest BCUT2D eigenvalue weighted by molar-refractivity contribution is 6.06. The molecule has 0 bridgehead atoms. The van der Waals surface area contributed by atoms with Crippen molar-refractivity contribution in [1.82, 2.24) is 4.90 Å². The second-order valence-electron chi connectivity index (χ2n) is 5.96. The summed E-state index contributed by atoms with van der Waals surface area (Å²) >= 11 is 0. The van der Waals surface area contributed by atoms with Crippen LogP contribution in [0.4, 0.5) is 16.2 Å². The monoisotopic (exact) mass is 357 g/mol. The fourth-order valence-electron chi connectivity index (χ4n) is 2.81. The van der Waals surface area contributed by atoms with Gasteiger partial charge in [-0.15, -0.1) is 0 Å². The van der Waals surface area contributed by atoms with Gasteiger partial charge in [-0.25, -0.2) is 4.79 Å². The molecule has 2 amide bonds. The Labute approximate surface area is 149 Å². The lowest BCUT2D eigenvalue weighted by Crippen LogP contribution is -2.48. The third-order valence-corrected chi connectivity index (χ3v) is 4.27. The van der Waals surface area contributed by atoms with Gasteiger partial charge in [-0.1, -0.05) is 0 Å². The number of nitrogens with zero attached hydrogens (tertiary/aromatic N) is 2. The summed E-state index contributed by atoms with van der Waals surface area (Å²) < 4.78 is 0. The molecule has 2 aromatic carbocycles. The van der Waals surface area contributed by atoms with Gasteiger partial charge in [0.25, 0.3) is 5.91 Å². The zero-order chi connectivity index (χ0) is 18.7. The van der Waals surface area contributed by atoms with E-state index in [4.69, 9.17) is 5.11 Å². The first-order chi connectivity index (χ1) is 12.4. The molecule has 0 saturated carbocycles. The summed E-state index contributed by atoms with van der Waals surface area (Å²) in [4.78, 5) is 26.6. The quantitative estimate of drug-likeness (QED) is 0.626. The number of hydrogen-bond donors (Lipinski definition) is 4. The predicted molar refractivity (Wildman–Crippen MR) is 96.0 cm³/mol. The molecule has 136 valence electrons. The minimum Gasteiger partial charge on any atom is -0.508 e. The van der Waals surface area contributed by atoms with Gasteiger partial charge in [0.1, 0.15) is 11.5 Å². The molecular formula is C18H19N3O5. The van der Waals surface area contributed by atoms with Crippen LogP contribution in [0.2, 0.25) is 0 Å². The van der Waals surface area contributed by atoms with Gasteiger partial charge in [-0.05, 0) is 36.4 Å². The number of phenols is 2. The Morgan fingerprint density at radius 1 is 0.923 bits per heavy atom. The molecule has 0 atom stereocenters. The summed E-state index contributed by atoms with van der Waals surface area (Å²) in [7, 11) is 0. The van der Waals surface area contributed by atoms with E-state index in [-0.39, 0.29) is 17.1 Å². The highest BCUT2D eigenvalue weighted by Gasteiger charge is 2.21. The van der Waals surface area contributed by atoms with Crippen LogP contribution < -0.4 is 10.2 Å². The van der Waals surface area contributed by atoms with Crippen molar-refractivity contribution in [2.75, 3.05) is 36.4 Å². The standard InChI is InChI=1S/C18H19N3O5/c22-14-4-1-12(2-5-14)19-17(24)15-6-3-13(11-16(15)23)20-7-9-21(10-8-20)18(25)26/h1-6,11,22-23H,7-10H2,(H,19,24)(H,25,26). The van der Waals surface area contributed by atoms with Gasteiger partial charge >= 0.3 is 6.09 Å². The number of carbonyl (C=O) groups excluding carboxylic acids is 1. The van der Waals surface area contributed by atoms with Crippen molar-refractivity contribution < 1.29 is 24.9 Å². The Morgan fingerprint density at radius 3 is 2.15 bits per heavy atom. The van der Waals surface area contributed by atoms with E-state index in [0.29, 0.717) is 31.9 Å². The fourth-order valence-corrected chi connectivity index (χ4v) is 2.81. The van der Waals surface area contributed by atoms with Crippen molar-refractivity contribution in [2.24, 2.45) is 0 Å². The summed E-state index contributed by atoms with van der Waals surface area (Å²) in [6, 6.07) is 10.8. The number of carbonyl (C=O) groups is 2. The first-order valence-corrected chi connectivity index (χ1v) is 8.10. The van der Waals surface area contributed by atoms with Crippen molar-refractivity contribution in [3.63, 3.8) is 0 Å². The number of hydrogen-bond acceptors (Lipinski definition) is 5. The summed E-state index contributed by atoms with van der Waals surface area (Å²) in [5, 5.41) is 31.1. The Morgan fingerprint density at radius 2 is 1.58 bits per heavy atom. The highest BCUT2D eigenvalue weighted by Crippen LogP contribution is 2.26. The van der Waals surface area contributed by atoms with Crippen molar-refractivity contribution in [3.05, 3.63) is 48.0 Å². The maximum atomic E-state index is 12.3. The van der Waals surface area contributed by atoms with Crippen LogP contribution in [0.15, 0.2) is 42.5 Å². The average Bonchev–Trinajstić information content (AvgIpc) is 2.63. The van der Waals surface area contributed by atoms with E-state index >= 15 is 0 Å². The Hall–Kier alpha value is -3.42. The molecule has 4 N–H and O–H groups in total. The molecule has 0 aromatic heterocycles. The summed E-state index contributed by atoms with van der Waals surface area (Å²) in [5.74, 6) is -0.520.